The van der Waals surface area contributed by atoms with Crippen molar-refractivity contribution in [2.45, 2.75) is 31.2 Å². The van der Waals surface area contributed by atoms with E-state index in [2.05, 4.69) is 14.7 Å². The van der Waals surface area contributed by atoms with E-state index in [4.69, 9.17) is 0 Å². The number of nitrogens with zero attached hydrogens (tertiary/aromatic N) is 4. The van der Waals surface area contributed by atoms with Gasteiger partial charge >= 0.3 is 12.4 Å². The number of rotatable bonds is 10. The fourth-order valence-electron chi connectivity index (χ4n) is 4.78. The molecule has 0 aromatic heterocycles. The number of piperazine rings is 1. The molecule has 0 saturated carbocycles. The van der Waals surface area contributed by atoms with Crippen molar-refractivity contribution in [3.63, 3.8) is 0 Å². The van der Waals surface area contributed by atoms with Gasteiger partial charge in [-0.15, -0.1) is 0 Å². The van der Waals surface area contributed by atoms with Gasteiger partial charge in [0.2, 0.25) is 5.91 Å². The number of amides is 1. The van der Waals surface area contributed by atoms with Gasteiger partial charge in [0.15, 0.2) is 0 Å². The fourth-order valence-corrected chi connectivity index (χ4v) is 4.78. The van der Waals surface area contributed by atoms with Gasteiger partial charge in [-0.05, 0) is 69.4 Å². The molecule has 216 valence electrons. The van der Waals surface area contributed by atoms with Gasteiger partial charge in [-0.25, -0.2) is 0 Å². The molecule has 1 unspecified atom stereocenters. The minimum absolute atomic E-state index is 0.0225. The summed E-state index contributed by atoms with van der Waals surface area (Å²) in [6, 6.07) is 10.2. The molecule has 1 heterocycles. The van der Waals surface area contributed by atoms with Crippen molar-refractivity contribution in [2.24, 2.45) is 0 Å². The molecule has 1 amide bonds. The number of halogens is 6. The van der Waals surface area contributed by atoms with Crippen LogP contribution in [0.5, 0.6) is 0 Å². The van der Waals surface area contributed by atoms with Crippen molar-refractivity contribution in [3.05, 3.63) is 70.8 Å². The van der Waals surface area contributed by atoms with E-state index in [9.17, 15) is 31.1 Å². The summed E-state index contributed by atoms with van der Waals surface area (Å²) in [6.07, 6.45) is -8.92. The number of carbonyl (C=O) groups is 1. The molecular weight excluding hydrogens is 522 g/mol. The minimum Gasteiger partial charge on any atom is -0.344 e. The second kappa shape index (κ2) is 13.1. The molecule has 5 nitrogen and oxygen atoms in total. The molecule has 2 aromatic rings. The van der Waals surface area contributed by atoms with Crippen LogP contribution < -0.4 is 0 Å². The first-order chi connectivity index (χ1) is 18.3. The second-order valence-electron chi connectivity index (χ2n) is 10.3. The largest absolute Gasteiger partial charge is 0.416 e. The highest BCUT2D eigenvalue weighted by atomic mass is 19.4. The Labute approximate surface area is 226 Å². The van der Waals surface area contributed by atoms with Crippen LogP contribution in [0.3, 0.4) is 0 Å². The molecule has 3 rings (SSSR count). The standard InChI is InChI=1S/C28H36F6N4O/c1-35(2)11-7-12-37-14-16-38(17-15-37)25(22-8-5-4-6-9-22)26(39)36(3)13-10-21-18-23(27(29,30)31)20-24(19-21)28(32,33)34/h4-6,8-9,18-20,25H,7,10-17H2,1-3H3. The van der Waals surface area contributed by atoms with Gasteiger partial charge in [-0.1, -0.05) is 30.3 Å². The lowest BCUT2D eigenvalue weighted by molar-refractivity contribution is -0.143. The van der Waals surface area contributed by atoms with Gasteiger partial charge in [0, 0.05) is 39.8 Å². The van der Waals surface area contributed by atoms with Crippen LogP contribution in [0.4, 0.5) is 26.3 Å². The Bertz CT molecular complexity index is 1030. The van der Waals surface area contributed by atoms with Crippen LogP contribution in [-0.4, -0.2) is 92.5 Å². The SMILES string of the molecule is CN(C)CCCN1CCN(C(C(=O)N(C)CCc2cc(C(F)(F)F)cc(C(F)(F)F)c2)c2ccccc2)CC1. The van der Waals surface area contributed by atoms with E-state index in [1.807, 2.05) is 44.4 Å². The highest BCUT2D eigenvalue weighted by Crippen LogP contribution is 2.36. The average molecular weight is 559 g/mol. The molecule has 1 atom stereocenters. The fraction of sp³-hybridized carbons (Fsp3) is 0.536. The number of alkyl halides is 6. The second-order valence-corrected chi connectivity index (χ2v) is 10.3. The third-order valence-corrected chi connectivity index (χ3v) is 6.96. The molecule has 1 aliphatic heterocycles. The van der Waals surface area contributed by atoms with Crippen LogP contribution in [-0.2, 0) is 23.6 Å². The molecule has 0 bridgehead atoms. The number of hydrogen-bond donors (Lipinski definition) is 0. The normalized spacial score (nSPS) is 16.5. The Morgan fingerprint density at radius 2 is 1.41 bits per heavy atom. The van der Waals surface area contributed by atoms with Gasteiger partial charge in [0.25, 0.3) is 0 Å². The Balaban J connectivity index is 1.72. The summed E-state index contributed by atoms with van der Waals surface area (Å²) < 4.78 is 79.5. The van der Waals surface area contributed by atoms with Gasteiger partial charge in [-0.3, -0.25) is 9.69 Å². The first-order valence-electron chi connectivity index (χ1n) is 12.9. The zero-order valence-electron chi connectivity index (χ0n) is 22.5. The Kier molecular flexibility index (Phi) is 10.4. The molecule has 2 aromatic carbocycles. The van der Waals surface area contributed by atoms with Gasteiger partial charge < -0.3 is 14.7 Å². The molecule has 0 N–H and O–H groups in total. The van der Waals surface area contributed by atoms with E-state index in [0.29, 0.717) is 13.1 Å². The number of likely N-dealkylation sites (N-methyl/N-ethyl adjacent to an activating group) is 1. The molecule has 11 heteroatoms. The molecule has 1 fully saturated rings. The summed E-state index contributed by atoms with van der Waals surface area (Å²) in [7, 11) is 5.60. The van der Waals surface area contributed by atoms with E-state index in [1.165, 1.54) is 11.9 Å². The molecule has 0 spiro atoms. The van der Waals surface area contributed by atoms with Crippen molar-refractivity contribution >= 4 is 5.91 Å². The summed E-state index contributed by atoms with van der Waals surface area (Å²) in [6.45, 7) is 4.88. The highest BCUT2D eigenvalue weighted by Gasteiger charge is 2.37. The number of hydrogen-bond acceptors (Lipinski definition) is 4. The minimum atomic E-state index is -4.91. The zero-order chi connectivity index (χ0) is 28.8. The topological polar surface area (TPSA) is 30.0 Å². The lowest BCUT2D eigenvalue weighted by Crippen LogP contribution is -2.51. The molecular formula is C28H36F6N4O. The Morgan fingerprint density at radius 1 is 0.846 bits per heavy atom. The summed E-state index contributed by atoms with van der Waals surface area (Å²) in [5.74, 6) is -0.245. The molecule has 1 saturated heterocycles. The maximum Gasteiger partial charge on any atom is 0.416 e. The first kappa shape index (κ1) is 30.9. The monoisotopic (exact) mass is 558 g/mol. The van der Waals surface area contributed by atoms with Crippen molar-refractivity contribution in [3.8, 4) is 0 Å². The lowest BCUT2D eigenvalue weighted by atomic mass is 10.0. The molecule has 1 aliphatic rings. The van der Waals surface area contributed by atoms with Crippen LogP contribution in [0.15, 0.2) is 48.5 Å². The van der Waals surface area contributed by atoms with Crippen LogP contribution in [0.25, 0.3) is 0 Å². The smallest absolute Gasteiger partial charge is 0.344 e. The van der Waals surface area contributed by atoms with E-state index < -0.39 is 29.5 Å². The van der Waals surface area contributed by atoms with E-state index in [1.54, 1.807) is 0 Å². The predicted octanol–water partition coefficient (Wildman–Crippen LogP) is 5.04. The molecule has 0 aliphatic carbocycles. The highest BCUT2D eigenvalue weighted by molar-refractivity contribution is 5.83. The number of benzene rings is 2. The van der Waals surface area contributed by atoms with Crippen LogP contribution in [0, 0.1) is 0 Å². The van der Waals surface area contributed by atoms with E-state index in [0.717, 1.165) is 50.3 Å². The first-order valence-corrected chi connectivity index (χ1v) is 12.9. The molecule has 0 radical (unpaired) electrons. The molecule has 39 heavy (non-hydrogen) atoms. The van der Waals surface area contributed by atoms with Gasteiger partial charge in [-0.2, -0.15) is 26.3 Å². The third-order valence-electron chi connectivity index (χ3n) is 6.96. The summed E-state index contributed by atoms with van der Waals surface area (Å²) >= 11 is 0. The van der Waals surface area contributed by atoms with Crippen molar-refractivity contribution in [2.75, 3.05) is 67.0 Å². The van der Waals surface area contributed by atoms with Crippen LogP contribution in [0.2, 0.25) is 0 Å². The Hall–Kier alpha value is -2.63. The average Bonchev–Trinajstić information content (AvgIpc) is 2.87. The van der Waals surface area contributed by atoms with Gasteiger partial charge in [0.1, 0.15) is 6.04 Å². The van der Waals surface area contributed by atoms with Crippen LogP contribution in [0.1, 0.15) is 34.7 Å². The van der Waals surface area contributed by atoms with E-state index in [-0.39, 0.29) is 30.5 Å². The maximum absolute atomic E-state index is 13.7. The number of carbonyl (C=O) groups excluding carboxylic acids is 1. The summed E-state index contributed by atoms with van der Waals surface area (Å²) in [5, 5.41) is 0. The van der Waals surface area contributed by atoms with Gasteiger partial charge in [0.05, 0.1) is 11.1 Å². The Morgan fingerprint density at radius 3 is 1.92 bits per heavy atom. The van der Waals surface area contributed by atoms with Crippen molar-refractivity contribution in [1.29, 1.82) is 0 Å². The van der Waals surface area contributed by atoms with E-state index >= 15 is 0 Å². The maximum atomic E-state index is 13.7. The lowest BCUT2D eigenvalue weighted by Gasteiger charge is -2.40. The summed E-state index contributed by atoms with van der Waals surface area (Å²) in [5.41, 5.74) is -2.04. The van der Waals surface area contributed by atoms with Crippen molar-refractivity contribution < 1.29 is 31.1 Å². The predicted molar refractivity (Wildman–Crippen MR) is 138 cm³/mol. The van der Waals surface area contributed by atoms with Crippen LogP contribution >= 0.6 is 0 Å². The van der Waals surface area contributed by atoms with Crippen molar-refractivity contribution in [1.82, 2.24) is 19.6 Å². The third kappa shape index (κ3) is 8.94. The zero-order valence-corrected chi connectivity index (χ0v) is 22.5. The summed E-state index contributed by atoms with van der Waals surface area (Å²) in [4.78, 5) is 21.6. The quantitative estimate of drug-likeness (QED) is 0.383.